The van der Waals surface area contributed by atoms with Gasteiger partial charge in [0.1, 0.15) is 5.82 Å². The Balaban J connectivity index is 1.76. The number of hydrogen-bond acceptors (Lipinski definition) is 1. The molecule has 2 aliphatic rings. The molecule has 102 valence electrons. The van der Waals surface area contributed by atoms with Gasteiger partial charge in [-0.05, 0) is 68.2 Å². The number of carbonyl (C=O) groups excluding carboxylic acids is 1. The van der Waals surface area contributed by atoms with E-state index >= 15 is 0 Å². The van der Waals surface area contributed by atoms with E-state index in [-0.39, 0.29) is 11.7 Å². The molecule has 19 heavy (non-hydrogen) atoms. The maximum absolute atomic E-state index is 13.1. The second kappa shape index (κ2) is 4.95. The summed E-state index contributed by atoms with van der Waals surface area (Å²) in [5.41, 5.74) is 1.39. The second-order valence-corrected chi connectivity index (χ2v) is 6.06. The topological polar surface area (TPSA) is 20.3 Å². The second-order valence-electron chi connectivity index (χ2n) is 6.06. The van der Waals surface area contributed by atoms with Gasteiger partial charge in [0.05, 0.1) is 0 Å². The van der Waals surface area contributed by atoms with Crippen LogP contribution in [0, 0.1) is 24.6 Å². The number of carbonyl (C=O) groups is 1. The van der Waals surface area contributed by atoms with Gasteiger partial charge in [-0.3, -0.25) is 4.79 Å². The highest BCUT2D eigenvalue weighted by atomic mass is 19.1. The zero-order valence-corrected chi connectivity index (χ0v) is 11.4. The predicted octanol–water partition coefficient (Wildman–Crippen LogP) is 3.40. The first-order valence-corrected chi connectivity index (χ1v) is 7.19. The third kappa shape index (κ3) is 3.14. The van der Waals surface area contributed by atoms with Crippen LogP contribution in [-0.4, -0.2) is 23.9 Å². The van der Waals surface area contributed by atoms with E-state index in [9.17, 15) is 9.18 Å². The molecule has 0 N–H and O–H groups in total. The molecule has 0 heterocycles. The Hall–Kier alpha value is -1.38. The summed E-state index contributed by atoms with van der Waals surface area (Å²) in [7, 11) is 0. The standard InChI is InChI=1S/C16H20FNO/c1-11-8-14(17)6-7-15(11)16(19)18(9-12-2-3-12)10-13-4-5-13/h6-8,12-13H,2-5,9-10H2,1H3. The monoisotopic (exact) mass is 261 g/mol. The molecular formula is C16H20FNO. The fourth-order valence-corrected chi connectivity index (χ4v) is 2.50. The minimum Gasteiger partial charge on any atom is -0.338 e. The van der Waals surface area contributed by atoms with Crippen LogP contribution in [0.1, 0.15) is 41.6 Å². The summed E-state index contributed by atoms with van der Waals surface area (Å²) < 4.78 is 13.1. The molecule has 1 aromatic carbocycles. The van der Waals surface area contributed by atoms with Crippen molar-refractivity contribution in [3.8, 4) is 0 Å². The quantitative estimate of drug-likeness (QED) is 0.795. The normalized spacial score (nSPS) is 18.4. The molecule has 0 radical (unpaired) electrons. The maximum Gasteiger partial charge on any atom is 0.254 e. The summed E-state index contributed by atoms with van der Waals surface area (Å²) in [6.45, 7) is 3.57. The van der Waals surface area contributed by atoms with E-state index in [1.807, 2.05) is 11.8 Å². The lowest BCUT2D eigenvalue weighted by atomic mass is 10.1. The third-order valence-corrected chi connectivity index (χ3v) is 4.06. The molecule has 1 aromatic rings. The van der Waals surface area contributed by atoms with Crippen LogP contribution in [0.3, 0.4) is 0 Å². The zero-order valence-electron chi connectivity index (χ0n) is 11.4. The van der Waals surface area contributed by atoms with Crippen molar-refractivity contribution in [3.05, 3.63) is 35.1 Å². The summed E-state index contributed by atoms with van der Waals surface area (Å²) in [6, 6.07) is 4.45. The van der Waals surface area contributed by atoms with Gasteiger partial charge in [0.15, 0.2) is 0 Å². The molecule has 3 heteroatoms. The lowest BCUT2D eigenvalue weighted by Gasteiger charge is -2.23. The summed E-state index contributed by atoms with van der Waals surface area (Å²) in [5.74, 6) is 1.20. The van der Waals surface area contributed by atoms with E-state index in [0.717, 1.165) is 18.7 Å². The Morgan fingerprint density at radius 1 is 1.21 bits per heavy atom. The Kier molecular flexibility index (Phi) is 3.29. The van der Waals surface area contributed by atoms with Gasteiger partial charge in [-0.25, -0.2) is 4.39 Å². The van der Waals surface area contributed by atoms with Crippen molar-refractivity contribution in [1.29, 1.82) is 0 Å². The number of amides is 1. The van der Waals surface area contributed by atoms with E-state index in [4.69, 9.17) is 0 Å². The largest absolute Gasteiger partial charge is 0.338 e. The molecule has 0 aromatic heterocycles. The first-order chi connectivity index (χ1) is 9.13. The number of halogens is 1. The minimum atomic E-state index is -0.273. The molecule has 2 saturated carbocycles. The molecule has 3 rings (SSSR count). The van der Waals surface area contributed by atoms with Gasteiger partial charge in [0, 0.05) is 18.7 Å². The molecule has 2 nitrogen and oxygen atoms in total. The van der Waals surface area contributed by atoms with E-state index in [0.29, 0.717) is 17.4 Å². The van der Waals surface area contributed by atoms with E-state index in [1.165, 1.54) is 37.8 Å². The summed E-state index contributed by atoms with van der Waals surface area (Å²) >= 11 is 0. The number of rotatable bonds is 5. The van der Waals surface area contributed by atoms with Crippen LogP contribution >= 0.6 is 0 Å². The highest BCUT2D eigenvalue weighted by molar-refractivity contribution is 5.95. The van der Waals surface area contributed by atoms with Crippen molar-refractivity contribution in [3.63, 3.8) is 0 Å². The predicted molar refractivity (Wildman–Crippen MR) is 72.5 cm³/mol. The molecule has 0 aliphatic heterocycles. The van der Waals surface area contributed by atoms with Crippen molar-refractivity contribution >= 4 is 5.91 Å². The summed E-state index contributed by atoms with van der Waals surface area (Å²) in [4.78, 5) is 14.6. The van der Waals surface area contributed by atoms with Crippen LogP contribution in [0.15, 0.2) is 18.2 Å². The van der Waals surface area contributed by atoms with Crippen molar-refractivity contribution in [2.45, 2.75) is 32.6 Å². The fourth-order valence-electron chi connectivity index (χ4n) is 2.50. The zero-order chi connectivity index (χ0) is 13.4. The van der Waals surface area contributed by atoms with E-state index in [2.05, 4.69) is 0 Å². The SMILES string of the molecule is Cc1cc(F)ccc1C(=O)N(CC1CC1)CC1CC1. The molecule has 0 saturated heterocycles. The Labute approximate surface area is 113 Å². The molecule has 0 spiro atoms. The molecule has 2 fully saturated rings. The number of nitrogens with zero attached hydrogens (tertiary/aromatic N) is 1. The first kappa shape index (κ1) is 12.6. The molecule has 1 amide bonds. The Morgan fingerprint density at radius 2 is 1.79 bits per heavy atom. The Bertz CT molecular complexity index is 478. The van der Waals surface area contributed by atoms with Crippen LogP contribution in [0.4, 0.5) is 4.39 Å². The number of benzene rings is 1. The van der Waals surface area contributed by atoms with Gasteiger partial charge in [-0.2, -0.15) is 0 Å². The van der Waals surface area contributed by atoms with E-state index < -0.39 is 0 Å². The summed E-state index contributed by atoms with van der Waals surface area (Å²) in [5, 5.41) is 0. The first-order valence-electron chi connectivity index (χ1n) is 7.19. The lowest BCUT2D eigenvalue weighted by molar-refractivity contribution is 0.0739. The molecule has 0 atom stereocenters. The highest BCUT2D eigenvalue weighted by Gasteiger charge is 2.32. The highest BCUT2D eigenvalue weighted by Crippen LogP contribution is 2.34. The van der Waals surface area contributed by atoms with Crippen molar-refractivity contribution in [2.75, 3.05) is 13.1 Å². The average Bonchev–Trinajstić information content (AvgIpc) is 3.22. The van der Waals surface area contributed by atoms with Crippen LogP contribution in [-0.2, 0) is 0 Å². The van der Waals surface area contributed by atoms with Crippen LogP contribution in [0.25, 0.3) is 0 Å². The van der Waals surface area contributed by atoms with Crippen molar-refractivity contribution < 1.29 is 9.18 Å². The Morgan fingerprint density at radius 3 is 2.26 bits per heavy atom. The number of hydrogen-bond donors (Lipinski definition) is 0. The van der Waals surface area contributed by atoms with Crippen molar-refractivity contribution in [1.82, 2.24) is 4.90 Å². The van der Waals surface area contributed by atoms with Gasteiger partial charge in [0.2, 0.25) is 0 Å². The van der Waals surface area contributed by atoms with Gasteiger partial charge in [-0.15, -0.1) is 0 Å². The van der Waals surface area contributed by atoms with Crippen LogP contribution in [0.5, 0.6) is 0 Å². The lowest BCUT2D eigenvalue weighted by Crippen LogP contribution is -2.35. The molecule has 0 unspecified atom stereocenters. The van der Waals surface area contributed by atoms with Gasteiger partial charge >= 0.3 is 0 Å². The minimum absolute atomic E-state index is 0.0799. The molecular weight excluding hydrogens is 241 g/mol. The molecule has 0 bridgehead atoms. The van der Waals surface area contributed by atoms with Gasteiger partial charge < -0.3 is 4.90 Å². The van der Waals surface area contributed by atoms with Gasteiger partial charge in [0.25, 0.3) is 5.91 Å². The fraction of sp³-hybridized carbons (Fsp3) is 0.562. The van der Waals surface area contributed by atoms with E-state index in [1.54, 1.807) is 6.07 Å². The van der Waals surface area contributed by atoms with Crippen LogP contribution in [0.2, 0.25) is 0 Å². The van der Waals surface area contributed by atoms with Crippen molar-refractivity contribution in [2.24, 2.45) is 11.8 Å². The molecule has 2 aliphatic carbocycles. The van der Waals surface area contributed by atoms with Gasteiger partial charge in [-0.1, -0.05) is 0 Å². The summed E-state index contributed by atoms with van der Waals surface area (Å²) in [6.07, 6.45) is 4.99. The number of aryl methyl sites for hydroxylation is 1. The average molecular weight is 261 g/mol. The smallest absolute Gasteiger partial charge is 0.254 e. The maximum atomic E-state index is 13.1. The third-order valence-electron chi connectivity index (χ3n) is 4.06. The van der Waals surface area contributed by atoms with Crippen LogP contribution < -0.4 is 0 Å².